The predicted molar refractivity (Wildman–Crippen MR) is 56.8 cm³/mol. The molecule has 1 saturated carbocycles. The van der Waals surface area contributed by atoms with Crippen LogP contribution in [0.15, 0.2) is 4.52 Å². The van der Waals surface area contributed by atoms with Gasteiger partial charge in [0.25, 0.3) is 0 Å². The Labute approximate surface area is 94.3 Å². The molecule has 0 aromatic carbocycles. The summed E-state index contributed by atoms with van der Waals surface area (Å²) in [5.74, 6) is 1.67. The van der Waals surface area contributed by atoms with Gasteiger partial charge in [0.05, 0.1) is 12.1 Å². The molecule has 2 fully saturated rings. The van der Waals surface area contributed by atoms with Crippen molar-refractivity contribution in [3.63, 3.8) is 0 Å². The van der Waals surface area contributed by atoms with Gasteiger partial charge in [-0.3, -0.25) is 0 Å². The van der Waals surface area contributed by atoms with E-state index in [1.165, 1.54) is 0 Å². The van der Waals surface area contributed by atoms with Gasteiger partial charge in [0.1, 0.15) is 0 Å². The van der Waals surface area contributed by atoms with Crippen LogP contribution in [0.5, 0.6) is 0 Å². The van der Waals surface area contributed by atoms with Crippen LogP contribution in [0.1, 0.15) is 49.7 Å². The molecule has 88 valence electrons. The Morgan fingerprint density at radius 3 is 2.81 bits per heavy atom. The maximum absolute atomic E-state index is 6.14. The Balaban J connectivity index is 1.76. The second-order valence-electron chi connectivity index (χ2n) is 4.88. The van der Waals surface area contributed by atoms with Crippen molar-refractivity contribution < 1.29 is 9.26 Å². The van der Waals surface area contributed by atoms with Crippen LogP contribution in [0.2, 0.25) is 0 Å². The van der Waals surface area contributed by atoms with Crippen molar-refractivity contribution >= 4 is 0 Å². The maximum atomic E-state index is 6.14. The van der Waals surface area contributed by atoms with E-state index in [1.54, 1.807) is 0 Å². The molecule has 3 rings (SSSR count). The van der Waals surface area contributed by atoms with Gasteiger partial charge in [0.15, 0.2) is 5.82 Å². The zero-order valence-corrected chi connectivity index (χ0v) is 9.32. The standard InChI is InChI=1S/C11H17N3O2/c12-11(4-2-5-11)10-13-9(14-16-10)8-3-1-6-15-7-8/h8H,1-7,12H2. The summed E-state index contributed by atoms with van der Waals surface area (Å²) in [7, 11) is 0. The molecule has 0 bridgehead atoms. The lowest BCUT2D eigenvalue weighted by molar-refractivity contribution is 0.0773. The smallest absolute Gasteiger partial charge is 0.246 e. The predicted octanol–water partition coefficient (Wildman–Crippen LogP) is 1.30. The highest BCUT2D eigenvalue weighted by Gasteiger charge is 2.40. The van der Waals surface area contributed by atoms with Crippen LogP contribution in [0, 0.1) is 0 Å². The fourth-order valence-corrected chi connectivity index (χ4v) is 2.32. The van der Waals surface area contributed by atoms with Gasteiger partial charge in [0, 0.05) is 12.5 Å². The van der Waals surface area contributed by atoms with Crippen molar-refractivity contribution in [3.05, 3.63) is 11.7 Å². The van der Waals surface area contributed by atoms with Crippen LogP contribution in [0.3, 0.4) is 0 Å². The molecule has 2 aliphatic rings. The monoisotopic (exact) mass is 223 g/mol. The van der Waals surface area contributed by atoms with Gasteiger partial charge >= 0.3 is 0 Å². The highest BCUT2D eigenvalue weighted by molar-refractivity contribution is 5.08. The molecule has 5 nitrogen and oxygen atoms in total. The molecular weight excluding hydrogens is 206 g/mol. The van der Waals surface area contributed by atoms with Gasteiger partial charge in [-0.15, -0.1) is 0 Å². The zero-order valence-electron chi connectivity index (χ0n) is 9.32. The molecular formula is C11H17N3O2. The van der Waals surface area contributed by atoms with Crippen LogP contribution in [0.25, 0.3) is 0 Å². The number of aromatic nitrogens is 2. The fourth-order valence-electron chi connectivity index (χ4n) is 2.32. The summed E-state index contributed by atoms with van der Waals surface area (Å²) >= 11 is 0. The lowest BCUT2D eigenvalue weighted by Crippen LogP contribution is -2.43. The van der Waals surface area contributed by atoms with Gasteiger partial charge < -0.3 is 15.0 Å². The van der Waals surface area contributed by atoms with Crippen molar-refractivity contribution in [2.45, 2.75) is 43.6 Å². The van der Waals surface area contributed by atoms with Gasteiger partial charge in [-0.25, -0.2) is 0 Å². The zero-order chi connectivity index (χ0) is 11.0. The summed E-state index contributed by atoms with van der Waals surface area (Å²) in [6.45, 7) is 1.55. The van der Waals surface area contributed by atoms with Crippen LogP contribution in [-0.2, 0) is 10.3 Å². The second-order valence-corrected chi connectivity index (χ2v) is 4.88. The van der Waals surface area contributed by atoms with E-state index in [2.05, 4.69) is 10.1 Å². The lowest BCUT2D eigenvalue weighted by Gasteiger charge is -2.33. The Kier molecular flexibility index (Phi) is 2.44. The van der Waals surface area contributed by atoms with E-state index in [1.807, 2.05) is 0 Å². The van der Waals surface area contributed by atoms with Crippen molar-refractivity contribution in [1.29, 1.82) is 0 Å². The average Bonchev–Trinajstić information content (AvgIpc) is 2.77. The van der Waals surface area contributed by atoms with Crippen LogP contribution in [-0.4, -0.2) is 23.4 Å². The fraction of sp³-hybridized carbons (Fsp3) is 0.818. The first-order valence-corrected chi connectivity index (χ1v) is 5.99. The minimum Gasteiger partial charge on any atom is -0.381 e. The number of nitrogens with two attached hydrogens (primary N) is 1. The third-order valence-electron chi connectivity index (χ3n) is 3.64. The molecule has 1 aromatic rings. The number of hydrogen-bond acceptors (Lipinski definition) is 5. The quantitative estimate of drug-likeness (QED) is 0.818. The molecule has 1 saturated heterocycles. The lowest BCUT2D eigenvalue weighted by atomic mass is 9.78. The molecule has 5 heteroatoms. The van der Waals surface area contributed by atoms with Crippen molar-refractivity contribution in [2.75, 3.05) is 13.2 Å². The minimum atomic E-state index is -0.346. The Bertz CT molecular complexity index is 367. The van der Waals surface area contributed by atoms with Crippen LogP contribution in [0.4, 0.5) is 0 Å². The summed E-state index contributed by atoms with van der Waals surface area (Å²) in [6.07, 6.45) is 5.21. The number of hydrogen-bond donors (Lipinski definition) is 1. The molecule has 0 radical (unpaired) electrons. The first kappa shape index (κ1) is 10.2. The molecule has 1 unspecified atom stereocenters. The van der Waals surface area contributed by atoms with E-state index in [-0.39, 0.29) is 11.5 Å². The SMILES string of the molecule is NC1(c2nc(C3CCCOC3)no2)CCC1. The van der Waals surface area contributed by atoms with Crippen molar-refractivity contribution in [3.8, 4) is 0 Å². The van der Waals surface area contributed by atoms with E-state index in [4.69, 9.17) is 15.0 Å². The van der Waals surface area contributed by atoms with Gasteiger partial charge in [0.2, 0.25) is 5.89 Å². The topological polar surface area (TPSA) is 74.2 Å². The summed E-state index contributed by atoms with van der Waals surface area (Å²) in [6, 6.07) is 0. The molecule has 1 aliphatic heterocycles. The third kappa shape index (κ3) is 1.64. The molecule has 1 atom stereocenters. The number of rotatable bonds is 2. The van der Waals surface area contributed by atoms with E-state index < -0.39 is 0 Å². The molecule has 1 aliphatic carbocycles. The van der Waals surface area contributed by atoms with Crippen molar-refractivity contribution in [1.82, 2.24) is 10.1 Å². The molecule has 2 N–H and O–H groups in total. The summed E-state index contributed by atoms with van der Waals surface area (Å²) in [5.41, 5.74) is 5.79. The van der Waals surface area contributed by atoms with Gasteiger partial charge in [-0.2, -0.15) is 4.98 Å². The van der Waals surface area contributed by atoms with Crippen molar-refractivity contribution in [2.24, 2.45) is 5.73 Å². The second kappa shape index (κ2) is 3.82. The maximum Gasteiger partial charge on any atom is 0.246 e. The van der Waals surface area contributed by atoms with Gasteiger partial charge in [-0.1, -0.05) is 5.16 Å². The van der Waals surface area contributed by atoms with E-state index in [0.29, 0.717) is 12.5 Å². The Hall–Kier alpha value is -0.940. The molecule has 2 heterocycles. The number of nitrogens with zero attached hydrogens (tertiary/aromatic N) is 2. The summed E-state index contributed by atoms with van der Waals surface area (Å²) in [4.78, 5) is 4.44. The van der Waals surface area contributed by atoms with Crippen LogP contribution < -0.4 is 5.73 Å². The largest absolute Gasteiger partial charge is 0.381 e. The summed E-state index contributed by atoms with van der Waals surface area (Å²) in [5, 5.41) is 4.04. The molecule has 16 heavy (non-hydrogen) atoms. The normalized spacial score (nSPS) is 28.7. The minimum absolute atomic E-state index is 0.287. The highest BCUT2D eigenvalue weighted by atomic mass is 16.5. The number of ether oxygens (including phenoxy) is 1. The Morgan fingerprint density at radius 2 is 2.19 bits per heavy atom. The van der Waals surface area contributed by atoms with E-state index in [9.17, 15) is 0 Å². The van der Waals surface area contributed by atoms with E-state index >= 15 is 0 Å². The highest BCUT2D eigenvalue weighted by Crippen LogP contribution is 2.38. The van der Waals surface area contributed by atoms with Gasteiger partial charge in [-0.05, 0) is 32.1 Å². The third-order valence-corrected chi connectivity index (χ3v) is 3.64. The molecule has 1 aromatic heterocycles. The first-order valence-electron chi connectivity index (χ1n) is 5.99. The average molecular weight is 223 g/mol. The first-order chi connectivity index (χ1) is 7.78. The summed E-state index contributed by atoms with van der Waals surface area (Å²) < 4.78 is 10.7. The molecule has 0 amide bonds. The van der Waals surface area contributed by atoms with Crippen LogP contribution >= 0.6 is 0 Å². The van der Waals surface area contributed by atoms with E-state index in [0.717, 1.165) is 44.5 Å². The molecule has 0 spiro atoms. The Morgan fingerprint density at radius 1 is 1.31 bits per heavy atom.